The Kier molecular flexibility index (Phi) is 12.0. The Morgan fingerprint density at radius 1 is 1.05 bits per heavy atom. The first-order valence-electron chi connectivity index (χ1n) is 20.0. The fraction of sp³-hybridized carbons (Fsp3) is 0.349. The van der Waals surface area contributed by atoms with Crippen LogP contribution in [0.2, 0.25) is 5.02 Å². The van der Waals surface area contributed by atoms with Crippen LogP contribution in [0.5, 0.6) is 11.5 Å². The Morgan fingerprint density at radius 2 is 1.80 bits per heavy atom. The third-order valence-electron chi connectivity index (χ3n) is 11.7. The van der Waals surface area contributed by atoms with Crippen molar-refractivity contribution in [2.24, 2.45) is 0 Å². The van der Waals surface area contributed by atoms with Crippen LogP contribution in [0.4, 0.5) is 25.8 Å². The molecule has 1 amide bonds. The maximum Gasteiger partial charge on any atom is 0.293 e. The van der Waals surface area contributed by atoms with Gasteiger partial charge < -0.3 is 19.3 Å². The second kappa shape index (κ2) is 17.4. The maximum absolute atomic E-state index is 14.7. The minimum absolute atomic E-state index is 0.0307. The summed E-state index contributed by atoms with van der Waals surface area (Å²) in [5, 5.41) is 20.4. The van der Waals surface area contributed by atoms with E-state index in [1.54, 1.807) is 60.6 Å². The molecule has 320 valence electrons. The number of piperazine rings is 1. The lowest BCUT2D eigenvalue weighted by atomic mass is 9.85. The fourth-order valence-corrected chi connectivity index (χ4v) is 9.44. The van der Waals surface area contributed by atoms with Crippen molar-refractivity contribution in [3.8, 4) is 11.5 Å². The van der Waals surface area contributed by atoms with Crippen LogP contribution in [0.3, 0.4) is 0 Å². The lowest BCUT2D eigenvalue weighted by molar-refractivity contribution is -0.384. The van der Waals surface area contributed by atoms with Crippen LogP contribution in [-0.2, 0) is 14.8 Å². The molecule has 2 saturated heterocycles. The number of benzene rings is 4. The number of amides is 1. The smallest absolute Gasteiger partial charge is 0.293 e. The second-order valence-electron chi connectivity index (χ2n) is 15.6. The summed E-state index contributed by atoms with van der Waals surface area (Å²) in [5.74, 6) is -3.37. The van der Waals surface area contributed by atoms with Gasteiger partial charge in [0.15, 0.2) is 0 Å². The maximum atomic E-state index is 14.7. The molecule has 0 atom stereocenters. The number of carbonyl (C=O) groups excluding carboxylic acids is 1. The van der Waals surface area contributed by atoms with Gasteiger partial charge in [-0.05, 0) is 84.5 Å². The summed E-state index contributed by atoms with van der Waals surface area (Å²) < 4.78 is 70.8. The Bertz CT molecular complexity index is 2590. The number of anilines is 2. The van der Waals surface area contributed by atoms with Gasteiger partial charge in [-0.2, -0.15) is 5.10 Å². The molecule has 0 spiro atoms. The number of nitrogens with zero attached hydrogens (tertiary/aromatic N) is 5. The standard InChI is InChI=1S/C43H44ClF2N7O7S/c1-50(31-14-21-59-22-15-31)38-12-10-33(24-39(38)53(55)56)61(57,58)49-42(54)35-11-9-32(23-41(35)60-40-4-2-3-37-36(40)26-47-48-37)52-19-17-51(18-20-52)27-29-25-43(45,46)16-13-34(29)28-5-7-30(44)8-6-28/h2-12,23-24,26,31H,13-22,25,27H2,1H3,(H,47,48)(H,49,54). The largest absolute Gasteiger partial charge is 0.456 e. The minimum atomic E-state index is -4.61. The number of H-pyrrole nitrogens is 1. The molecule has 1 aliphatic carbocycles. The van der Waals surface area contributed by atoms with E-state index in [2.05, 4.69) is 24.7 Å². The summed E-state index contributed by atoms with van der Waals surface area (Å²) in [5.41, 5.74) is 3.65. The summed E-state index contributed by atoms with van der Waals surface area (Å²) >= 11 is 6.11. The van der Waals surface area contributed by atoms with E-state index in [1.165, 1.54) is 18.2 Å². The van der Waals surface area contributed by atoms with Gasteiger partial charge in [-0.1, -0.05) is 29.8 Å². The average molecular weight is 876 g/mol. The number of hydrogen-bond donors (Lipinski definition) is 2. The zero-order chi connectivity index (χ0) is 42.9. The normalized spacial score (nSPS) is 17.7. The highest BCUT2D eigenvalue weighted by atomic mass is 35.5. The number of nitrogens with one attached hydrogen (secondary N) is 2. The Labute approximate surface area is 356 Å². The quantitative estimate of drug-likeness (QED) is 0.0922. The van der Waals surface area contributed by atoms with Crippen molar-refractivity contribution < 1.29 is 36.4 Å². The van der Waals surface area contributed by atoms with E-state index >= 15 is 0 Å². The number of hydrogen-bond acceptors (Lipinski definition) is 11. The third kappa shape index (κ3) is 9.34. The first-order chi connectivity index (χ1) is 29.2. The van der Waals surface area contributed by atoms with Crippen LogP contribution in [0.25, 0.3) is 16.5 Å². The van der Waals surface area contributed by atoms with Crippen molar-refractivity contribution >= 4 is 61.1 Å². The van der Waals surface area contributed by atoms with E-state index in [4.69, 9.17) is 21.1 Å². The molecule has 61 heavy (non-hydrogen) atoms. The molecular weight excluding hydrogens is 832 g/mol. The fourth-order valence-electron chi connectivity index (χ4n) is 8.33. The van der Waals surface area contributed by atoms with Crippen LogP contribution in [-0.4, -0.2) is 99.3 Å². The highest BCUT2D eigenvalue weighted by molar-refractivity contribution is 7.90. The summed E-state index contributed by atoms with van der Waals surface area (Å²) in [6.45, 7) is 3.65. The number of nitro benzene ring substituents is 1. The average Bonchev–Trinajstić information content (AvgIpc) is 3.74. The molecule has 0 saturated carbocycles. The van der Waals surface area contributed by atoms with E-state index < -0.39 is 37.4 Å². The number of aromatic amines is 1. The van der Waals surface area contributed by atoms with Gasteiger partial charge in [0.25, 0.3) is 27.5 Å². The van der Waals surface area contributed by atoms with Crippen molar-refractivity contribution in [2.45, 2.75) is 49.0 Å². The van der Waals surface area contributed by atoms with Gasteiger partial charge in [-0.15, -0.1) is 0 Å². The Balaban J connectivity index is 1.03. The lowest BCUT2D eigenvalue weighted by Crippen LogP contribution is -2.47. The Hall–Kier alpha value is -5.62. The van der Waals surface area contributed by atoms with E-state index in [1.807, 2.05) is 12.1 Å². The number of nitro groups is 1. The number of halogens is 3. The monoisotopic (exact) mass is 875 g/mol. The molecule has 3 aliphatic rings. The van der Waals surface area contributed by atoms with Gasteiger partial charge in [0.1, 0.15) is 17.2 Å². The van der Waals surface area contributed by atoms with Crippen molar-refractivity contribution in [1.29, 1.82) is 0 Å². The van der Waals surface area contributed by atoms with Gasteiger partial charge in [-0.3, -0.25) is 24.9 Å². The SMILES string of the molecule is CN(c1ccc(S(=O)(=O)NC(=O)c2ccc(N3CCN(CC4=C(c5ccc(Cl)cc5)CCC(F)(F)C4)CC3)cc2Oc2cccc3[nH]ncc23)cc1[N+](=O)[O-])C1CCOCC1. The van der Waals surface area contributed by atoms with Gasteiger partial charge in [0.2, 0.25) is 0 Å². The van der Waals surface area contributed by atoms with Crippen molar-refractivity contribution in [3.05, 3.63) is 117 Å². The van der Waals surface area contributed by atoms with Gasteiger partial charge in [0, 0.05) is 94.7 Å². The first-order valence-corrected chi connectivity index (χ1v) is 21.8. The van der Waals surface area contributed by atoms with Gasteiger partial charge in [0.05, 0.1) is 32.5 Å². The zero-order valence-corrected chi connectivity index (χ0v) is 34.9. The molecule has 0 bridgehead atoms. The lowest BCUT2D eigenvalue weighted by Gasteiger charge is -2.38. The van der Waals surface area contributed by atoms with Crippen LogP contribution < -0.4 is 19.3 Å². The predicted octanol–water partition coefficient (Wildman–Crippen LogP) is 8.05. The summed E-state index contributed by atoms with van der Waals surface area (Å²) in [6, 6.07) is 20.9. The number of aromatic nitrogens is 2. The second-order valence-corrected chi connectivity index (χ2v) is 17.7. The van der Waals surface area contributed by atoms with Crippen LogP contribution in [0, 0.1) is 10.1 Å². The van der Waals surface area contributed by atoms with E-state index in [9.17, 15) is 32.1 Å². The number of ether oxygens (including phenoxy) is 2. The van der Waals surface area contributed by atoms with Gasteiger partial charge >= 0.3 is 0 Å². The third-order valence-corrected chi connectivity index (χ3v) is 13.2. The molecular formula is C43H44ClF2N7O7S. The number of allylic oxidation sites excluding steroid dienone is 1. The molecule has 0 unspecified atom stereocenters. The number of rotatable bonds is 12. The van der Waals surface area contributed by atoms with Crippen molar-refractivity contribution in [2.75, 3.05) is 62.8 Å². The van der Waals surface area contributed by atoms with E-state index in [0.29, 0.717) is 91.7 Å². The molecule has 0 radical (unpaired) electrons. The molecule has 2 aliphatic heterocycles. The minimum Gasteiger partial charge on any atom is -0.456 e. The molecule has 18 heteroatoms. The Morgan fingerprint density at radius 3 is 2.54 bits per heavy atom. The molecule has 4 aromatic carbocycles. The molecule has 3 heterocycles. The zero-order valence-electron chi connectivity index (χ0n) is 33.3. The molecule has 1 aromatic heterocycles. The highest BCUT2D eigenvalue weighted by Crippen LogP contribution is 2.42. The van der Waals surface area contributed by atoms with Gasteiger partial charge in [-0.25, -0.2) is 21.9 Å². The van der Waals surface area contributed by atoms with Crippen LogP contribution >= 0.6 is 11.6 Å². The molecule has 2 N–H and O–H groups in total. The number of sulfonamides is 1. The molecule has 8 rings (SSSR count). The van der Waals surface area contributed by atoms with Crippen LogP contribution in [0.1, 0.15) is 48.0 Å². The van der Waals surface area contributed by atoms with E-state index in [0.717, 1.165) is 17.2 Å². The summed E-state index contributed by atoms with van der Waals surface area (Å²) in [6.07, 6.45) is 2.67. The highest BCUT2D eigenvalue weighted by Gasteiger charge is 2.37. The number of alkyl halides is 2. The predicted molar refractivity (Wildman–Crippen MR) is 228 cm³/mol. The molecule has 14 nitrogen and oxygen atoms in total. The van der Waals surface area contributed by atoms with Crippen LogP contribution in [0.15, 0.2) is 95.5 Å². The van der Waals surface area contributed by atoms with E-state index in [-0.39, 0.29) is 42.3 Å². The summed E-state index contributed by atoms with van der Waals surface area (Å²) in [4.78, 5) is 31.1. The number of fused-ring (bicyclic) bond motifs is 1. The number of carbonyl (C=O) groups is 1. The topological polar surface area (TPSA) is 163 Å². The summed E-state index contributed by atoms with van der Waals surface area (Å²) in [7, 11) is -2.89. The van der Waals surface area contributed by atoms with Crippen molar-refractivity contribution in [3.63, 3.8) is 0 Å². The van der Waals surface area contributed by atoms with Crippen molar-refractivity contribution in [1.82, 2.24) is 19.8 Å². The molecule has 2 fully saturated rings. The molecule has 5 aromatic rings. The first kappa shape index (κ1) is 42.1.